The number of nitrogens with zero attached hydrogens (tertiary/aromatic N) is 1. The minimum atomic E-state index is -0.250. The van der Waals surface area contributed by atoms with Gasteiger partial charge in [0.05, 0.1) is 6.54 Å². The van der Waals surface area contributed by atoms with Crippen molar-refractivity contribution in [3.63, 3.8) is 0 Å². The molecule has 150 valence electrons. The van der Waals surface area contributed by atoms with Crippen molar-refractivity contribution >= 4 is 17.5 Å². The van der Waals surface area contributed by atoms with E-state index in [1.54, 1.807) is 7.05 Å². The van der Waals surface area contributed by atoms with Crippen LogP contribution in [0.25, 0.3) is 0 Å². The minimum Gasteiger partial charge on any atom is -0.483 e. The standard InChI is InChI=1S/C23H30N2O3/c1-16-10-9-11-17(2)22(16)24-20(26)14-25(6)21(27)15-28-19-13-8-7-12-18(19)23(3,4)5/h7-13H,14-15H2,1-6H3,(H,24,26). The number of nitrogens with one attached hydrogen (secondary N) is 1. The lowest BCUT2D eigenvalue weighted by molar-refractivity contribution is -0.135. The highest BCUT2D eigenvalue weighted by Crippen LogP contribution is 2.30. The van der Waals surface area contributed by atoms with Crippen molar-refractivity contribution in [2.45, 2.75) is 40.0 Å². The van der Waals surface area contributed by atoms with Crippen LogP contribution in [0, 0.1) is 13.8 Å². The summed E-state index contributed by atoms with van der Waals surface area (Å²) >= 11 is 0. The largest absolute Gasteiger partial charge is 0.483 e. The zero-order valence-corrected chi connectivity index (χ0v) is 17.6. The molecule has 0 aromatic heterocycles. The van der Waals surface area contributed by atoms with Gasteiger partial charge in [-0.05, 0) is 42.0 Å². The molecule has 5 nitrogen and oxygen atoms in total. The predicted octanol–water partition coefficient (Wildman–Crippen LogP) is 4.08. The van der Waals surface area contributed by atoms with Gasteiger partial charge < -0.3 is 15.0 Å². The zero-order valence-electron chi connectivity index (χ0n) is 17.6. The number of ether oxygens (including phenoxy) is 1. The van der Waals surface area contributed by atoms with Gasteiger partial charge in [0, 0.05) is 12.7 Å². The molecule has 0 aliphatic carbocycles. The number of carbonyl (C=O) groups is 2. The second kappa shape index (κ2) is 8.91. The van der Waals surface area contributed by atoms with E-state index in [2.05, 4.69) is 26.1 Å². The molecule has 0 saturated heterocycles. The summed E-state index contributed by atoms with van der Waals surface area (Å²) in [6.45, 7) is 10.0. The molecule has 5 heteroatoms. The first-order valence-electron chi connectivity index (χ1n) is 9.42. The van der Waals surface area contributed by atoms with Crippen molar-refractivity contribution in [2.75, 3.05) is 25.5 Å². The molecule has 0 spiro atoms. The molecule has 0 saturated carbocycles. The van der Waals surface area contributed by atoms with Crippen LogP contribution in [0.1, 0.15) is 37.5 Å². The Morgan fingerprint density at radius 3 is 2.21 bits per heavy atom. The molecule has 0 radical (unpaired) electrons. The van der Waals surface area contributed by atoms with Crippen molar-refractivity contribution in [3.8, 4) is 5.75 Å². The van der Waals surface area contributed by atoms with Crippen LogP contribution >= 0.6 is 0 Å². The topological polar surface area (TPSA) is 58.6 Å². The summed E-state index contributed by atoms with van der Waals surface area (Å²) in [5, 5.41) is 2.89. The zero-order chi connectivity index (χ0) is 20.9. The van der Waals surface area contributed by atoms with Gasteiger partial charge in [-0.15, -0.1) is 0 Å². The molecule has 1 N–H and O–H groups in total. The van der Waals surface area contributed by atoms with Crippen molar-refractivity contribution in [1.29, 1.82) is 0 Å². The third-order valence-electron chi connectivity index (χ3n) is 4.60. The summed E-state index contributed by atoms with van der Waals surface area (Å²) in [6, 6.07) is 13.5. The van der Waals surface area contributed by atoms with E-state index in [4.69, 9.17) is 4.74 Å². The number of para-hydroxylation sites is 2. The first kappa shape index (κ1) is 21.5. The number of amides is 2. The second-order valence-electron chi connectivity index (χ2n) is 8.10. The van der Waals surface area contributed by atoms with Crippen molar-refractivity contribution in [2.24, 2.45) is 0 Å². The van der Waals surface area contributed by atoms with Crippen molar-refractivity contribution < 1.29 is 14.3 Å². The molecular formula is C23H30N2O3. The lowest BCUT2D eigenvalue weighted by atomic mass is 9.86. The van der Waals surface area contributed by atoms with Crippen LogP contribution in [-0.2, 0) is 15.0 Å². The Morgan fingerprint density at radius 2 is 1.61 bits per heavy atom. The summed E-state index contributed by atoms with van der Waals surface area (Å²) in [7, 11) is 1.60. The summed E-state index contributed by atoms with van der Waals surface area (Å²) in [6.07, 6.45) is 0. The van der Waals surface area contributed by atoms with Gasteiger partial charge in [-0.3, -0.25) is 9.59 Å². The number of hydrogen-bond acceptors (Lipinski definition) is 3. The number of aryl methyl sites for hydroxylation is 2. The van der Waals surface area contributed by atoms with Gasteiger partial charge in [0.1, 0.15) is 5.75 Å². The van der Waals surface area contributed by atoms with Crippen LogP contribution in [0.4, 0.5) is 5.69 Å². The Morgan fingerprint density at radius 1 is 1.00 bits per heavy atom. The molecule has 0 aliphatic rings. The van der Waals surface area contributed by atoms with Gasteiger partial charge in [0.25, 0.3) is 5.91 Å². The molecule has 0 bridgehead atoms. The van der Waals surface area contributed by atoms with Crippen molar-refractivity contribution in [1.82, 2.24) is 4.90 Å². The number of carbonyl (C=O) groups excluding carboxylic acids is 2. The third-order valence-corrected chi connectivity index (χ3v) is 4.60. The fraction of sp³-hybridized carbons (Fsp3) is 0.391. The first-order chi connectivity index (χ1) is 13.1. The average molecular weight is 383 g/mol. The maximum absolute atomic E-state index is 12.4. The van der Waals surface area contributed by atoms with Gasteiger partial charge in [0.15, 0.2) is 6.61 Å². The highest BCUT2D eigenvalue weighted by molar-refractivity contribution is 5.95. The second-order valence-corrected chi connectivity index (χ2v) is 8.10. The normalized spacial score (nSPS) is 11.1. The molecule has 2 rings (SSSR count). The summed E-state index contributed by atoms with van der Waals surface area (Å²) in [5.41, 5.74) is 3.73. The number of rotatable bonds is 6. The van der Waals surface area contributed by atoms with Gasteiger partial charge in [-0.2, -0.15) is 0 Å². The third kappa shape index (κ3) is 5.59. The van der Waals surface area contributed by atoms with Crippen LogP contribution in [0.2, 0.25) is 0 Å². The van der Waals surface area contributed by atoms with Crippen LogP contribution < -0.4 is 10.1 Å². The Hall–Kier alpha value is -2.82. The predicted molar refractivity (Wildman–Crippen MR) is 113 cm³/mol. The quantitative estimate of drug-likeness (QED) is 0.819. The number of anilines is 1. The molecule has 0 heterocycles. The molecule has 0 unspecified atom stereocenters. The van der Waals surface area contributed by atoms with Crippen LogP contribution in [-0.4, -0.2) is 36.9 Å². The highest BCUT2D eigenvalue weighted by Gasteiger charge is 2.20. The Kier molecular flexibility index (Phi) is 6.84. The summed E-state index contributed by atoms with van der Waals surface area (Å²) in [4.78, 5) is 26.1. The van der Waals surface area contributed by atoms with Crippen LogP contribution in [0.15, 0.2) is 42.5 Å². The molecule has 2 aromatic rings. The fourth-order valence-corrected chi connectivity index (χ4v) is 2.96. The fourth-order valence-electron chi connectivity index (χ4n) is 2.96. The van der Waals surface area contributed by atoms with Crippen LogP contribution in [0.5, 0.6) is 5.75 Å². The molecule has 0 aliphatic heterocycles. The monoisotopic (exact) mass is 382 g/mol. The van der Waals surface area contributed by atoms with Gasteiger partial charge in [-0.25, -0.2) is 0 Å². The Bertz CT molecular complexity index is 833. The molecular weight excluding hydrogens is 352 g/mol. The average Bonchev–Trinajstić information content (AvgIpc) is 2.62. The van der Waals surface area contributed by atoms with E-state index in [1.165, 1.54) is 4.90 Å². The number of benzene rings is 2. The van der Waals surface area contributed by atoms with Crippen LogP contribution in [0.3, 0.4) is 0 Å². The Labute approximate surface area is 167 Å². The maximum Gasteiger partial charge on any atom is 0.260 e. The van der Waals surface area contributed by atoms with E-state index >= 15 is 0 Å². The van der Waals surface area contributed by atoms with Gasteiger partial charge in [-0.1, -0.05) is 57.2 Å². The maximum atomic E-state index is 12.4. The first-order valence-corrected chi connectivity index (χ1v) is 9.42. The summed E-state index contributed by atoms with van der Waals surface area (Å²) < 4.78 is 5.76. The van der Waals surface area contributed by atoms with Gasteiger partial charge in [0.2, 0.25) is 5.91 Å². The van der Waals surface area contributed by atoms with E-state index in [-0.39, 0.29) is 30.4 Å². The van der Waals surface area contributed by atoms with Gasteiger partial charge >= 0.3 is 0 Å². The molecule has 28 heavy (non-hydrogen) atoms. The lowest BCUT2D eigenvalue weighted by Gasteiger charge is -2.23. The van der Waals surface area contributed by atoms with E-state index in [9.17, 15) is 9.59 Å². The highest BCUT2D eigenvalue weighted by atomic mass is 16.5. The lowest BCUT2D eigenvalue weighted by Crippen LogP contribution is -2.38. The SMILES string of the molecule is Cc1cccc(C)c1NC(=O)CN(C)C(=O)COc1ccccc1C(C)(C)C. The molecule has 0 atom stereocenters. The van der Waals surface area contributed by atoms with E-state index in [0.717, 1.165) is 22.4 Å². The molecule has 2 aromatic carbocycles. The Balaban J connectivity index is 1.94. The number of likely N-dealkylation sites (N-methyl/N-ethyl adjacent to an activating group) is 1. The molecule has 2 amide bonds. The number of hydrogen-bond donors (Lipinski definition) is 1. The van der Waals surface area contributed by atoms with Crippen molar-refractivity contribution in [3.05, 3.63) is 59.2 Å². The van der Waals surface area contributed by atoms with E-state index in [1.807, 2.05) is 56.3 Å². The van der Waals surface area contributed by atoms with E-state index in [0.29, 0.717) is 5.75 Å². The summed E-state index contributed by atoms with van der Waals surface area (Å²) in [5.74, 6) is 0.209. The van der Waals surface area contributed by atoms with E-state index < -0.39 is 0 Å². The molecule has 0 fully saturated rings. The smallest absolute Gasteiger partial charge is 0.260 e. The minimum absolute atomic E-state index is 0.0309.